The van der Waals surface area contributed by atoms with E-state index in [0.717, 1.165) is 12.8 Å². The number of benzene rings is 1. The maximum atomic E-state index is 12.7. The van der Waals surface area contributed by atoms with Gasteiger partial charge in [0.15, 0.2) is 11.4 Å². The number of nitrogens with zero attached hydrogens (tertiary/aromatic N) is 4. The summed E-state index contributed by atoms with van der Waals surface area (Å²) in [6.45, 7) is 3.01. The minimum absolute atomic E-state index is 0.0908. The molecule has 0 amide bonds. The van der Waals surface area contributed by atoms with Crippen molar-refractivity contribution in [3.8, 4) is 0 Å². The Morgan fingerprint density at radius 3 is 2.69 bits per heavy atom. The third kappa shape index (κ3) is 2.84. The van der Waals surface area contributed by atoms with E-state index >= 15 is 0 Å². The highest BCUT2D eigenvalue weighted by Crippen LogP contribution is 2.24. The van der Waals surface area contributed by atoms with E-state index < -0.39 is 15.8 Å². The Bertz CT molecular complexity index is 1110. The number of aryl methyl sites for hydroxylation is 1. The summed E-state index contributed by atoms with van der Waals surface area (Å²) in [5, 5.41) is 3.83. The fraction of sp³-hybridized carbons (Fsp3) is 0.438. The van der Waals surface area contributed by atoms with Crippen LogP contribution in [0.5, 0.6) is 0 Å². The molecule has 3 aromatic rings. The zero-order valence-electron chi connectivity index (χ0n) is 14.2. The first-order chi connectivity index (χ1) is 12.5. The second kappa shape index (κ2) is 6.36. The topological polar surface area (TPSA) is 111 Å². The van der Waals surface area contributed by atoms with Crippen LogP contribution < -0.4 is 5.76 Å². The molecule has 3 heterocycles. The predicted molar refractivity (Wildman–Crippen MR) is 91.2 cm³/mol. The first-order valence-corrected chi connectivity index (χ1v) is 9.88. The van der Waals surface area contributed by atoms with Gasteiger partial charge in [-0.25, -0.2) is 13.2 Å². The number of hydrogen-bond donors (Lipinski definition) is 0. The molecule has 0 N–H and O–H groups in total. The van der Waals surface area contributed by atoms with Crippen LogP contribution in [0.4, 0.5) is 0 Å². The van der Waals surface area contributed by atoms with Crippen molar-refractivity contribution in [2.24, 2.45) is 0 Å². The van der Waals surface area contributed by atoms with Gasteiger partial charge in [0, 0.05) is 25.6 Å². The second-order valence-electron chi connectivity index (χ2n) is 6.15. The highest BCUT2D eigenvalue weighted by molar-refractivity contribution is 7.89. The fourth-order valence-corrected chi connectivity index (χ4v) is 4.61. The number of fused-ring (bicyclic) bond motifs is 1. The monoisotopic (exact) mass is 378 g/mol. The van der Waals surface area contributed by atoms with Crippen LogP contribution in [0.15, 0.2) is 36.8 Å². The van der Waals surface area contributed by atoms with Crippen molar-refractivity contribution in [2.45, 2.75) is 37.6 Å². The van der Waals surface area contributed by atoms with E-state index in [1.165, 1.54) is 21.0 Å². The Balaban J connectivity index is 1.71. The first-order valence-electron chi connectivity index (χ1n) is 8.44. The maximum Gasteiger partial charge on any atom is 0.420 e. The molecule has 1 aliphatic rings. The smallest absolute Gasteiger partial charge is 0.408 e. The van der Waals surface area contributed by atoms with Crippen molar-refractivity contribution in [2.75, 3.05) is 13.1 Å². The Morgan fingerprint density at radius 2 is 2.00 bits per heavy atom. The molecule has 0 saturated carbocycles. The minimum Gasteiger partial charge on any atom is -0.408 e. The summed E-state index contributed by atoms with van der Waals surface area (Å²) in [5.74, 6) is 0.249. The summed E-state index contributed by atoms with van der Waals surface area (Å²) in [5.41, 5.74) is 0.702. The van der Waals surface area contributed by atoms with Crippen LogP contribution in [-0.2, 0) is 23.0 Å². The Morgan fingerprint density at radius 1 is 1.23 bits per heavy atom. The van der Waals surface area contributed by atoms with Gasteiger partial charge in [-0.05, 0) is 25.0 Å². The van der Waals surface area contributed by atoms with Crippen LogP contribution in [0.3, 0.4) is 0 Å². The average molecular weight is 378 g/mol. The van der Waals surface area contributed by atoms with Gasteiger partial charge >= 0.3 is 5.76 Å². The van der Waals surface area contributed by atoms with Crippen LogP contribution in [-0.4, -0.2) is 40.5 Å². The maximum absolute atomic E-state index is 12.7. The molecule has 26 heavy (non-hydrogen) atoms. The summed E-state index contributed by atoms with van der Waals surface area (Å²) in [4.78, 5) is 16.5. The number of hydrogen-bond acceptors (Lipinski definition) is 7. The average Bonchev–Trinajstić information content (AvgIpc) is 3.36. The van der Waals surface area contributed by atoms with Gasteiger partial charge in [0.1, 0.15) is 0 Å². The second-order valence-corrected chi connectivity index (χ2v) is 8.09. The molecule has 0 radical (unpaired) electrons. The Kier molecular flexibility index (Phi) is 4.16. The van der Waals surface area contributed by atoms with Crippen molar-refractivity contribution in [1.29, 1.82) is 0 Å². The molecule has 2 aromatic heterocycles. The van der Waals surface area contributed by atoms with Crippen LogP contribution in [0.2, 0.25) is 0 Å². The summed E-state index contributed by atoms with van der Waals surface area (Å²) >= 11 is 0. The number of sulfonamides is 1. The molecule has 0 bridgehead atoms. The molecular weight excluding hydrogens is 360 g/mol. The van der Waals surface area contributed by atoms with Crippen molar-refractivity contribution in [3.63, 3.8) is 0 Å². The van der Waals surface area contributed by atoms with Gasteiger partial charge in [-0.3, -0.25) is 4.57 Å². The SMILES string of the molecule is CCc1nc(Cn2c(=O)oc3cc(S(=O)(=O)N4CCCC4)ccc32)no1. The van der Waals surface area contributed by atoms with Crippen molar-refractivity contribution >= 4 is 21.1 Å². The van der Waals surface area contributed by atoms with E-state index in [1.807, 2.05) is 6.92 Å². The largest absolute Gasteiger partial charge is 0.420 e. The fourth-order valence-electron chi connectivity index (χ4n) is 3.07. The van der Waals surface area contributed by atoms with E-state index in [4.69, 9.17) is 8.94 Å². The van der Waals surface area contributed by atoms with E-state index in [9.17, 15) is 13.2 Å². The third-order valence-electron chi connectivity index (χ3n) is 4.45. The van der Waals surface area contributed by atoms with E-state index in [0.29, 0.717) is 36.7 Å². The molecule has 10 heteroatoms. The minimum atomic E-state index is -3.57. The molecule has 1 fully saturated rings. The van der Waals surface area contributed by atoms with Gasteiger partial charge in [0.2, 0.25) is 15.9 Å². The summed E-state index contributed by atoms with van der Waals surface area (Å²) in [6, 6.07) is 4.47. The molecule has 0 spiro atoms. The van der Waals surface area contributed by atoms with Gasteiger partial charge in [-0.2, -0.15) is 9.29 Å². The van der Waals surface area contributed by atoms with Crippen molar-refractivity contribution < 1.29 is 17.4 Å². The van der Waals surface area contributed by atoms with Crippen LogP contribution in [0.1, 0.15) is 31.5 Å². The molecule has 0 unspecified atom stereocenters. The van der Waals surface area contributed by atoms with Crippen LogP contribution >= 0.6 is 0 Å². The van der Waals surface area contributed by atoms with E-state index in [-0.39, 0.29) is 17.0 Å². The summed E-state index contributed by atoms with van der Waals surface area (Å²) in [6.07, 6.45) is 2.32. The lowest BCUT2D eigenvalue weighted by Crippen LogP contribution is -2.27. The normalized spacial score (nSPS) is 15.9. The first kappa shape index (κ1) is 17.0. The van der Waals surface area contributed by atoms with Crippen molar-refractivity contribution in [3.05, 3.63) is 40.5 Å². The van der Waals surface area contributed by atoms with Gasteiger partial charge in [-0.15, -0.1) is 0 Å². The molecule has 138 valence electrons. The molecule has 1 aromatic carbocycles. The quantitative estimate of drug-likeness (QED) is 0.659. The molecule has 4 rings (SSSR count). The Hall–Kier alpha value is -2.46. The zero-order valence-corrected chi connectivity index (χ0v) is 15.0. The Labute approximate surface area is 149 Å². The van der Waals surface area contributed by atoms with E-state index in [1.54, 1.807) is 6.07 Å². The van der Waals surface area contributed by atoms with Crippen LogP contribution in [0.25, 0.3) is 11.1 Å². The lowest BCUT2D eigenvalue weighted by atomic mass is 10.3. The zero-order chi connectivity index (χ0) is 18.3. The molecule has 0 atom stereocenters. The molecule has 0 aliphatic carbocycles. The van der Waals surface area contributed by atoms with Gasteiger partial charge in [0.25, 0.3) is 0 Å². The predicted octanol–water partition coefficient (Wildman–Crippen LogP) is 1.37. The molecular formula is C16H18N4O5S. The standard InChI is InChI=1S/C16H18N4O5S/c1-2-15-17-14(18-25-15)10-20-12-6-5-11(9-13(12)24-16(20)21)26(22,23)19-7-3-4-8-19/h5-6,9H,2-4,7-8,10H2,1H3. The number of aromatic nitrogens is 3. The van der Waals surface area contributed by atoms with Crippen molar-refractivity contribution in [1.82, 2.24) is 19.0 Å². The van der Waals surface area contributed by atoms with Gasteiger partial charge in [0.05, 0.1) is 17.0 Å². The number of oxazole rings is 1. The lowest BCUT2D eigenvalue weighted by molar-refractivity contribution is 0.375. The molecule has 9 nitrogen and oxygen atoms in total. The van der Waals surface area contributed by atoms with Crippen LogP contribution in [0, 0.1) is 0 Å². The summed E-state index contributed by atoms with van der Waals surface area (Å²) < 4.78 is 38.4. The summed E-state index contributed by atoms with van der Waals surface area (Å²) in [7, 11) is -3.57. The highest BCUT2D eigenvalue weighted by Gasteiger charge is 2.28. The van der Waals surface area contributed by atoms with E-state index in [2.05, 4.69) is 10.1 Å². The molecule has 1 aliphatic heterocycles. The number of rotatable bonds is 5. The van der Waals surface area contributed by atoms with Gasteiger partial charge in [-0.1, -0.05) is 12.1 Å². The van der Waals surface area contributed by atoms with Gasteiger partial charge < -0.3 is 8.94 Å². The highest BCUT2D eigenvalue weighted by atomic mass is 32.2. The third-order valence-corrected chi connectivity index (χ3v) is 6.35. The molecule has 1 saturated heterocycles. The lowest BCUT2D eigenvalue weighted by Gasteiger charge is -2.15.